The summed E-state index contributed by atoms with van der Waals surface area (Å²) in [6.45, 7) is 3.22. The Labute approximate surface area is 171 Å². The fourth-order valence-corrected chi connectivity index (χ4v) is 2.86. The quantitative estimate of drug-likeness (QED) is 0.538. The van der Waals surface area contributed by atoms with Crippen molar-refractivity contribution in [3.63, 3.8) is 0 Å². The van der Waals surface area contributed by atoms with Gasteiger partial charge in [-0.05, 0) is 47.9 Å². The number of hydrogen-bond donors (Lipinski definition) is 1. The minimum absolute atomic E-state index is 0.0397. The van der Waals surface area contributed by atoms with E-state index in [1.807, 2.05) is 67.6 Å². The van der Waals surface area contributed by atoms with Crippen LogP contribution in [0.5, 0.6) is 23.0 Å². The second kappa shape index (κ2) is 10.4. The molecular formula is C24H26O5. The predicted molar refractivity (Wildman–Crippen MR) is 112 cm³/mol. The van der Waals surface area contributed by atoms with Gasteiger partial charge in [-0.1, -0.05) is 42.5 Å². The molecule has 0 saturated carbocycles. The van der Waals surface area contributed by atoms with Gasteiger partial charge >= 0.3 is 0 Å². The van der Waals surface area contributed by atoms with E-state index in [0.717, 1.165) is 16.7 Å². The summed E-state index contributed by atoms with van der Waals surface area (Å²) in [5.74, 6) is 2.59. The van der Waals surface area contributed by atoms with Crippen LogP contribution in [-0.2, 0) is 19.8 Å². The molecule has 5 heteroatoms. The Kier molecular flexibility index (Phi) is 7.36. The fourth-order valence-electron chi connectivity index (χ4n) is 2.86. The molecule has 3 aromatic rings. The molecule has 3 aromatic carbocycles. The number of rotatable bonds is 10. The van der Waals surface area contributed by atoms with E-state index in [2.05, 4.69) is 0 Å². The SMILES string of the molecule is CCOc1cc(CO)ccc1OCc1ccc(OCc2ccccc2)c(OC)c1. The molecule has 0 radical (unpaired) electrons. The third-order valence-corrected chi connectivity index (χ3v) is 4.35. The second-order valence-corrected chi connectivity index (χ2v) is 6.42. The van der Waals surface area contributed by atoms with Crippen LogP contribution in [0.2, 0.25) is 0 Å². The summed E-state index contributed by atoms with van der Waals surface area (Å²) < 4.78 is 23.0. The monoisotopic (exact) mass is 394 g/mol. The zero-order chi connectivity index (χ0) is 20.5. The summed E-state index contributed by atoms with van der Waals surface area (Å²) >= 11 is 0. The molecule has 29 heavy (non-hydrogen) atoms. The number of methoxy groups -OCH3 is 1. The normalized spacial score (nSPS) is 10.4. The summed E-state index contributed by atoms with van der Waals surface area (Å²) in [6, 6.07) is 21.2. The van der Waals surface area contributed by atoms with Crippen molar-refractivity contribution in [3.8, 4) is 23.0 Å². The van der Waals surface area contributed by atoms with E-state index in [0.29, 0.717) is 42.8 Å². The van der Waals surface area contributed by atoms with Crippen LogP contribution in [0.3, 0.4) is 0 Å². The molecule has 0 aliphatic carbocycles. The zero-order valence-corrected chi connectivity index (χ0v) is 16.8. The maximum Gasteiger partial charge on any atom is 0.161 e. The average Bonchev–Trinajstić information content (AvgIpc) is 2.77. The van der Waals surface area contributed by atoms with Crippen molar-refractivity contribution >= 4 is 0 Å². The predicted octanol–water partition coefficient (Wildman–Crippen LogP) is 4.74. The van der Waals surface area contributed by atoms with E-state index >= 15 is 0 Å². The lowest BCUT2D eigenvalue weighted by Crippen LogP contribution is -2.02. The molecule has 0 heterocycles. The van der Waals surface area contributed by atoms with Gasteiger partial charge in [-0.25, -0.2) is 0 Å². The van der Waals surface area contributed by atoms with E-state index in [4.69, 9.17) is 18.9 Å². The third kappa shape index (κ3) is 5.65. The van der Waals surface area contributed by atoms with Gasteiger partial charge in [0.1, 0.15) is 13.2 Å². The Bertz CT molecular complexity index is 908. The molecule has 1 N–H and O–H groups in total. The highest BCUT2D eigenvalue weighted by Gasteiger charge is 2.10. The molecule has 0 aliphatic heterocycles. The standard InChI is InChI=1S/C24H26O5/c1-3-27-24-13-19(15-25)9-11-22(24)29-17-20-10-12-21(23(14-20)26-2)28-16-18-7-5-4-6-8-18/h4-14,25H,3,15-17H2,1-2H3. The van der Waals surface area contributed by atoms with Gasteiger partial charge in [0.15, 0.2) is 23.0 Å². The molecule has 152 valence electrons. The second-order valence-electron chi connectivity index (χ2n) is 6.42. The molecule has 0 aromatic heterocycles. The van der Waals surface area contributed by atoms with Gasteiger partial charge in [0, 0.05) is 0 Å². The van der Waals surface area contributed by atoms with Crippen molar-refractivity contribution in [1.82, 2.24) is 0 Å². The Morgan fingerprint density at radius 3 is 1.93 bits per heavy atom. The molecule has 0 amide bonds. The minimum atomic E-state index is -0.0397. The maximum absolute atomic E-state index is 9.31. The van der Waals surface area contributed by atoms with Gasteiger partial charge in [0.2, 0.25) is 0 Å². The fraction of sp³-hybridized carbons (Fsp3) is 0.250. The molecule has 0 aliphatic rings. The summed E-state index contributed by atoms with van der Waals surface area (Å²) in [4.78, 5) is 0. The van der Waals surface area contributed by atoms with Crippen molar-refractivity contribution in [2.24, 2.45) is 0 Å². The number of benzene rings is 3. The van der Waals surface area contributed by atoms with Crippen molar-refractivity contribution in [2.45, 2.75) is 26.7 Å². The summed E-state index contributed by atoms with van der Waals surface area (Å²) in [7, 11) is 1.62. The van der Waals surface area contributed by atoms with Crippen molar-refractivity contribution in [3.05, 3.63) is 83.4 Å². The Morgan fingerprint density at radius 1 is 0.655 bits per heavy atom. The van der Waals surface area contributed by atoms with Crippen LogP contribution in [0.1, 0.15) is 23.6 Å². The molecule has 0 spiro atoms. The summed E-state index contributed by atoms with van der Waals surface area (Å²) in [5.41, 5.74) is 2.82. The first-order chi connectivity index (χ1) is 14.2. The van der Waals surface area contributed by atoms with Crippen LogP contribution >= 0.6 is 0 Å². The Hall–Kier alpha value is -3.18. The van der Waals surface area contributed by atoms with Crippen molar-refractivity contribution in [2.75, 3.05) is 13.7 Å². The van der Waals surface area contributed by atoms with Crippen molar-refractivity contribution < 1.29 is 24.1 Å². The maximum atomic E-state index is 9.31. The summed E-state index contributed by atoms with van der Waals surface area (Å²) in [6.07, 6.45) is 0. The van der Waals surface area contributed by atoms with Gasteiger partial charge in [0.05, 0.1) is 20.3 Å². The van der Waals surface area contributed by atoms with Gasteiger partial charge in [-0.2, -0.15) is 0 Å². The molecule has 3 rings (SSSR count). The highest BCUT2D eigenvalue weighted by molar-refractivity contribution is 5.45. The van der Waals surface area contributed by atoms with E-state index < -0.39 is 0 Å². The lowest BCUT2D eigenvalue weighted by molar-refractivity contribution is 0.262. The van der Waals surface area contributed by atoms with E-state index in [1.54, 1.807) is 13.2 Å². The smallest absolute Gasteiger partial charge is 0.161 e. The van der Waals surface area contributed by atoms with Crippen LogP contribution in [0.15, 0.2) is 66.7 Å². The molecule has 0 saturated heterocycles. The number of aliphatic hydroxyl groups excluding tert-OH is 1. The number of hydrogen-bond acceptors (Lipinski definition) is 5. The molecule has 5 nitrogen and oxygen atoms in total. The van der Waals surface area contributed by atoms with Crippen molar-refractivity contribution in [1.29, 1.82) is 0 Å². The average molecular weight is 394 g/mol. The van der Waals surface area contributed by atoms with Gasteiger partial charge in [-0.3, -0.25) is 0 Å². The first-order valence-electron chi connectivity index (χ1n) is 9.56. The van der Waals surface area contributed by atoms with Crippen LogP contribution in [-0.4, -0.2) is 18.8 Å². The third-order valence-electron chi connectivity index (χ3n) is 4.35. The lowest BCUT2D eigenvalue weighted by Gasteiger charge is -2.15. The zero-order valence-electron chi connectivity index (χ0n) is 16.8. The lowest BCUT2D eigenvalue weighted by atomic mass is 10.2. The molecule has 0 atom stereocenters. The first kappa shape index (κ1) is 20.6. The first-order valence-corrected chi connectivity index (χ1v) is 9.56. The van der Waals surface area contributed by atoms with E-state index in [1.165, 1.54) is 0 Å². The van der Waals surface area contributed by atoms with E-state index in [9.17, 15) is 5.11 Å². The number of ether oxygens (including phenoxy) is 4. The highest BCUT2D eigenvalue weighted by atomic mass is 16.5. The number of aliphatic hydroxyl groups is 1. The van der Waals surface area contributed by atoms with Crippen LogP contribution in [0, 0.1) is 0 Å². The van der Waals surface area contributed by atoms with Gasteiger partial charge in [-0.15, -0.1) is 0 Å². The molecule has 0 unspecified atom stereocenters. The Morgan fingerprint density at radius 2 is 1.28 bits per heavy atom. The van der Waals surface area contributed by atoms with Crippen LogP contribution < -0.4 is 18.9 Å². The Balaban J connectivity index is 1.67. The molecule has 0 fully saturated rings. The molecular weight excluding hydrogens is 368 g/mol. The largest absolute Gasteiger partial charge is 0.493 e. The topological polar surface area (TPSA) is 57.2 Å². The van der Waals surface area contributed by atoms with Crippen LogP contribution in [0.4, 0.5) is 0 Å². The van der Waals surface area contributed by atoms with Gasteiger partial charge < -0.3 is 24.1 Å². The van der Waals surface area contributed by atoms with Gasteiger partial charge in [0.25, 0.3) is 0 Å². The van der Waals surface area contributed by atoms with E-state index in [-0.39, 0.29) is 6.61 Å². The van der Waals surface area contributed by atoms with Crippen LogP contribution in [0.25, 0.3) is 0 Å². The highest BCUT2D eigenvalue weighted by Crippen LogP contribution is 2.32. The molecule has 0 bridgehead atoms. The minimum Gasteiger partial charge on any atom is -0.493 e. The summed E-state index contributed by atoms with van der Waals surface area (Å²) in [5, 5.41) is 9.31.